The average molecular weight is 278 g/mol. The lowest BCUT2D eigenvalue weighted by molar-refractivity contribution is -0.131. The highest BCUT2D eigenvalue weighted by molar-refractivity contribution is 7.98. The first kappa shape index (κ1) is 14.4. The van der Waals surface area contributed by atoms with E-state index in [-0.39, 0.29) is 24.2 Å². The standard InChI is InChI=1S/C15H22N2OS/c1-11(9-10-19-3)17-14(16-12(2)15(17)18)13-7-5-4-6-8-13/h4-8,11-12,14,16H,9-10H2,1-3H3. The van der Waals surface area contributed by atoms with Crippen LogP contribution in [0.3, 0.4) is 0 Å². The lowest BCUT2D eigenvalue weighted by Gasteiger charge is -2.30. The zero-order valence-corrected chi connectivity index (χ0v) is 12.6. The van der Waals surface area contributed by atoms with Gasteiger partial charge in [-0.05, 0) is 37.8 Å². The minimum atomic E-state index is -0.0954. The molecule has 2 rings (SSSR count). The van der Waals surface area contributed by atoms with Crippen LogP contribution in [0.15, 0.2) is 30.3 Å². The smallest absolute Gasteiger partial charge is 0.241 e. The van der Waals surface area contributed by atoms with Crippen molar-refractivity contribution in [3.63, 3.8) is 0 Å². The molecule has 1 aliphatic rings. The minimum Gasteiger partial charge on any atom is -0.319 e. The number of carbonyl (C=O) groups is 1. The number of amides is 1. The van der Waals surface area contributed by atoms with E-state index in [4.69, 9.17) is 0 Å². The quantitative estimate of drug-likeness (QED) is 0.898. The van der Waals surface area contributed by atoms with Crippen LogP contribution >= 0.6 is 11.8 Å². The number of thioether (sulfide) groups is 1. The topological polar surface area (TPSA) is 32.3 Å². The van der Waals surface area contributed by atoms with Gasteiger partial charge in [-0.25, -0.2) is 0 Å². The van der Waals surface area contributed by atoms with E-state index >= 15 is 0 Å². The van der Waals surface area contributed by atoms with Crippen molar-refractivity contribution in [2.24, 2.45) is 0 Å². The number of carbonyl (C=O) groups excluding carboxylic acids is 1. The Morgan fingerprint density at radius 3 is 2.68 bits per heavy atom. The van der Waals surface area contributed by atoms with E-state index in [1.807, 2.05) is 41.8 Å². The van der Waals surface area contributed by atoms with Crippen LogP contribution in [0, 0.1) is 0 Å². The predicted octanol–water partition coefficient (Wildman–Crippen LogP) is 2.65. The Balaban J connectivity index is 2.19. The summed E-state index contributed by atoms with van der Waals surface area (Å²) in [7, 11) is 0. The molecule has 19 heavy (non-hydrogen) atoms. The number of hydrogen-bond acceptors (Lipinski definition) is 3. The van der Waals surface area contributed by atoms with E-state index in [0.29, 0.717) is 0 Å². The van der Waals surface area contributed by atoms with Crippen molar-refractivity contribution in [2.45, 2.75) is 38.5 Å². The molecule has 1 aromatic carbocycles. The van der Waals surface area contributed by atoms with Crippen molar-refractivity contribution in [3.05, 3.63) is 35.9 Å². The van der Waals surface area contributed by atoms with Crippen LogP contribution in [0.2, 0.25) is 0 Å². The normalized spacial score (nSPS) is 24.8. The number of benzene rings is 1. The highest BCUT2D eigenvalue weighted by Crippen LogP contribution is 2.28. The van der Waals surface area contributed by atoms with E-state index in [2.05, 4.69) is 30.6 Å². The Kier molecular flexibility index (Phi) is 4.88. The molecule has 3 nitrogen and oxygen atoms in total. The second-order valence-electron chi connectivity index (χ2n) is 5.08. The van der Waals surface area contributed by atoms with Gasteiger partial charge in [0.25, 0.3) is 0 Å². The maximum Gasteiger partial charge on any atom is 0.241 e. The van der Waals surface area contributed by atoms with E-state index in [1.54, 1.807) is 0 Å². The highest BCUT2D eigenvalue weighted by Gasteiger charge is 2.39. The molecule has 4 heteroatoms. The van der Waals surface area contributed by atoms with E-state index < -0.39 is 0 Å². The molecule has 1 heterocycles. The van der Waals surface area contributed by atoms with Crippen LogP contribution in [0.4, 0.5) is 0 Å². The van der Waals surface area contributed by atoms with Gasteiger partial charge in [0, 0.05) is 6.04 Å². The Morgan fingerprint density at radius 2 is 2.05 bits per heavy atom. The summed E-state index contributed by atoms with van der Waals surface area (Å²) in [6, 6.07) is 10.4. The van der Waals surface area contributed by atoms with Crippen LogP contribution in [-0.4, -0.2) is 34.9 Å². The molecule has 1 saturated heterocycles. The van der Waals surface area contributed by atoms with Crippen molar-refractivity contribution in [3.8, 4) is 0 Å². The molecule has 0 saturated carbocycles. The van der Waals surface area contributed by atoms with Gasteiger partial charge in [0.1, 0.15) is 6.17 Å². The molecular formula is C15H22N2OS. The third-order valence-corrected chi connectivity index (χ3v) is 4.28. The maximum atomic E-state index is 12.4. The van der Waals surface area contributed by atoms with E-state index in [9.17, 15) is 4.79 Å². The van der Waals surface area contributed by atoms with Crippen LogP contribution in [0.5, 0.6) is 0 Å². The first-order chi connectivity index (χ1) is 9.15. The lowest BCUT2D eigenvalue weighted by Crippen LogP contribution is -2.38. The fourth-order valence-electron chi connectivity index (χ4n) is 2.53. The van der Waals surface area contributed by atoms with Crippen molar-refractivity contribution in [2.75, 3.05) is 12.0 Å². The molecule has 0 bridgehead atoms. The summed E-state index contributed by atoms with van der Waals surface area (Å²) >= 11 is 1.83. The van der Waals surface area contributed by atoms with Crippen LogP contribution < -0.4 is 5.32 Å². The van der Waals surface area contributed by atoms with Crippen molar-refractivity contribution in [1.29, 1.82) is 0 Å². The summed E-state index contributed by atoms with van der Waals surface area (Å²) in [5, 5.41) is 3.40. The number of hydrogen-bond donors (Lipinski definition) is 1. The van der Waals surface area contributed by atoms with Gasteiger partial charge < -0.3 is 4.90 Å². The van der Waals surface area contributed by atoms with E-state index in [0.717, 1.165) is 17.7 Å². The molecule has 3 atom stereocenters. The average Bonchev–Trinajstić information content (AvgIpc) is 2.73. The molecule has 0 spiro atoms. The van der Waals surface area contributed by atoms with Crippen molar-refractivity contribution < 1.29 is 4.79 Å². The summed E-state index contributed by atoms with van der Waals surface area (Å²) < 4.78 is 0. The second kappa shape index (κ2) is 6.44. The van der Waals surface area contributed by atoms with Gasteiger partial charge in [0.15, 0.2) is 0 Å². The fraction of sp³-hybridized carbons (Fsp3) is 0.533. The van der Waals surface area contributed by atoms with Crippen molar-refractivity contribution >= 4 is 17.7 Å². The zero-order chi connectivity index (χ0) is 13.8. The molecule has 0 aromatic heterocycles. The van der Waals surface area contributed by atoms with Gasteiger partial charge in [-0.1, -0.05) is 30.3 Å². The maximum absolute atomic E-state index is 12.4. The Bertz CT molecular complexity index is 423. The molecule has 0 radical (unpaired) electrons. The van der Waals surface area contributed by atoms with Gasteiger partial charge in [-0.15, -0.1) is 0 Å². The fourth-order valence-corrected chi connectivity index (χ4v) is 3.11. The summed E-state index contributed by atoms with van der Waals surface area (Å²) in [5.74, 6) is 1.29. The van der Waals surface area contributed by atoms with Crippen LogP contribution in [-0.2, 0) is 4.79 Å². The molecule has 3 unspecified atom stereocenters. The number of rotatable bonds is 5. The van der Waals surface area contributed by atoms with Crippen LogP contribution in [0.1, 0.15) is 32.0 Å². The highest BCUT2D eigenvalue weighted by atomic mass is 32.2. The Hall–Kier alpha value is -1.00. The third kappa shape index (κ3) is 3.12. The zero-order valence-electron chi connectivity index (χ0n) is 11.8. The Labute approximate surface area is 119 Å². The lowest BCUT2D eigenvalue weighted by atomic mass is 10.1. The molecule has 1 aromatic rings. The molecule has 1 N–H and O–H groups in total. The molecule has 104 valence electrons. The molecule has 1 aliphatic heterocycles. The monoisotopic (exact) mass is 278 g/mol. The third-order valence-electron chi connectivity index (χ3n) is 3.64. The summed E-state index contributed by atoms with van der Waals surface area (Å²) in [5.41, 5.74) is 1.16. The first-order valence-electron chi connectivity index (χ1n) is 6.77. The van der Waals surface area contributed by atoms with Gasteiger partial charge in [-0.2, -0.15) is 11.8 Å². The first-order valence-corrected chi connectivity index (χ1v) is 8.16. The number of nitrogens with one attached hydrogen (secondary N) is 1. The van der Waals surface area contributed by atoms with E-state index in [1.165, 1.54) is 0 Å². The molecule has 1 fully saturated rings. The van der Waals surface area contributed by atoms with Gasteiger partial charge in [0.2, 0.25) is 5.91 Å². The SMILES string of the molecule is CSCCC(C)N1C(=O)C(C)NC1c1ccccc1. The summed E-state index contributed by atoms with van der Waals surface area (Å²) in [6.45, 7) is 4.09. The van der Waals surface area contributed by atoms with Crippen molar-refractivity contribution in [1.82, 2.24) is 10.2 Å². The van der Waals surface area contributed by atoms with Crippen LogP contribution in [0.25, 0.3) is 0 Å². The molecule has 1 amide bonds. The summed E-state index contributed by atoms with van der Waals surface area (Å²) in [4.78, 5) is 14.4. The van der Waals surface area contributed by atoms with Gasteiger partial charge >= 0.3 is 0 Å². The van der Waals surface area contributed by atoms with Gasteiger partial charge in [0.05, 0.1) is 6.04 Å². The Morgan fingerprint density at radius 1 is 1.37 bits per heavy atom. The minimum absolute atomic E-state index is 0.0144. The largest absolute Gasteiger partial charge is 0.319 e. The second-order valence-corrected chi connectivity index (χ2v) is 6.06. The summed E-state index contributed by atoms with van der Waals surface area (Å²) in [6.07, 6.45) is 3.15. The molecule has 0 aliphatic carbocycles. The number of nitrogens with zero attached hydrogens (tertiary/aromatic N) is 1. The predicted molar refractivity (Wildman–Crippen MR) is 81.1 cm³/mol. The molecular weight excluding hydrogens is 256 g/mol. The van der Waals surface area contributed by atoms with Gasteiger partial charge in [-0.3, -0.25) is 10.1 Å².